The summed E-state index contributed by atoms with van der Waals surface area (Å²) >= 11 is 0. The third-order valence-corrected chi connectivity index (χ3v) is 4.97. The van der Waals surface area contributed by atoms with Crippen LogP contribution in [0.15, 0.2) is 28.7 Å². The van der Waals surface area contributed by atoms with Crippen LogP contribution in [0, 0.1) is 0 Å². The van der Waals surface area contributed by atoms with Gasteiger partial charge in [0.2, 0.25) is 11.8 Å². The Morgan fingerprint density at radius 2 is 1.91 bits per heavy atom. The van der Waals surface area contributed by atoms with E-state index >= 15 is 0 Å². The van der Waals surface area contributed by atoms with Crippen LogP contribution in [0.4, 0.5) is 13.2 Å². The van der Waals surface area contributed by atoms with Gasteiger partial charge in [-0.3, -0.25) is 9.59 Å². The molecule has 2 aromatic heterocycles. The molecular weight excluding hydrogens is 455 g/mol. The van der Waals surface area contributed by atoms with Gasteiger partial charge in [-0.15, -0.1) is 0 Å². The van der Waals surface area contributed by atoms with E-state index in [0.29, 0.717) is 5.56 Å². The van der Waals surface area contributed by atoms with Crippen LogP contribution >= 0.6 is 0 Å². The number of aromatic nitrogens is 2. The molecule has 182 valence electrons. The molecule has 0 fully saturated rings. The number of fused-ring (bicyclic) bond motifs is 1. The number of oxazole rings is 1. The fourth-order valence-electron chi connectivity index (χ4n) is 3.21. The van der Waals surface area contributed by atoms with Gasteiger partial charge in [-0.05, 0) is 31.2 Å². The highest BCUT2D eigenvalue weighted by molar-refractivity contribution is 5.98. The number of benzene rings is 1. The standard InChI is InChI=1S/C22H24F3N5O4/c1-11(26)19-18(20(32)27-10-9-16(31)30(2)3)29-21(34-19)13-5-7-14(33-4)17-12(13)6-8-15(28-17)22(23,24)25/h5-8,11H,9-10,26H2,1-4H3,(H,27,32)/t11-/m0/s1. The molecule has 2 amide bonds. The summed E-state index contributed by atoms with van der Waals surface area (Å²) in [4.78, 5) is 33.8. The Bertz CT molecular complexity index is 1220. The molecule has 0 aliphatic heterocycles. The van der Waals surface area contributed by atoms with Gasteiger partial charge in [0.15, 0.2) is 11.5 Å². The zero-order valence-electron chi connectivity index (χ0n) is 19.0. The molecule has 0 radical (unpaired) electrons. The Morgan fingerprint density at radius 3 is 2.50 bits per heavy atom. The average Bonchev–Trinajstić information content (AvgIpc) is 3.22. The maximum Gasteiger partial charge on any atom is 0.433 e. The van der Waals surface area contributed by atoms with Gasteiger partial charge in [-0.1, -0.05) is 0 Å². The fraction of sp³-hybridized carbons (Fsp3) is 0.364. The van der Waals surface area contributed by atoms with E-state index in [9.17, 15) is 22.8 Å². The number of carbonyl (C=O) groups is 2. The van der Waals surface area contributed by atoms with Crippen molar-refractivity contribution in [3.63, 3.8) is 0 Å². The first-order valence-corrected chi connectivity index (χ1v) is 10.2. The molecule has 3 N–H and O–H groups in total. The maximum atomic E-state index is 13.2. The van der Waals surface area contributed by atoms with Crippen LogP contribution in [0.2, 0.25) is 0 Å². The molecule has 0 aliphatic carbocycles. The molecule has 3 rings (SSSR count). The zero-order chi connectivity index (χ0) is 25.2. The minimum Gasteiger partial charge on any atom is -0.494 e. The van der Waals surface area contributed by atoms with E-state index < -0.39 is 23.8 Å². The Labute approximate surface area is 193 Å². The summed E-state index contributed by atoms with van der Waals surface area (Å²) in [5.41, 5.74) is 5.07. The summed E-state index contributed by atoms with van der Waals surface area (Å²) in [6.45, 7) is 1.67. The number of halogens is 3. The number of carbonyl (C=O) groups excluding carboxylic acids is 2. The van der Waals surface area contributed by atoms with E-state index in [4.69, 9.17) is 14.9 Å². The molecule has 1 aromatic carbocycles. The van der Waals surface area contributed by atoms with Crippen molar-refractivity contribution in [3.05, 3.63) is 41.4 Å². The van der Waals surface area contributed by atoms with E-state index in [2.05, 4.69) is 15.3 Å². The third-order valence-electron chi connectivity index (χ3n) is 4.97. The number of amides is 2. The number of hydrogen-bond acceptors (Lipinski definition) is 7. The number of ether oxygens (including phenoxy) is 1. The molecule has 0 aliphatic rings. The smallest absolute Gasteiger partial charge is 0.433 e. The topological polar surface area (TPSA) is 124 Å². The Hall–Kier alpha value is -3.67. The predicted octanol–water partition coefficient (Wildman–Crippen LogP) is 3.15. The number of pyridine rings is 1. The minimum absolute atomic E-state index is 0.0176. The molecule has 3 aromatic rings. The summed E-state index contributed by atoms with van der Waals surface area (Å²) in [6, 6.07) is 4.36. The lowest BCUT2D eigenvalue weighted by atomic mass is 10.1. The summed E-state index contributed by atoms with van der Waals surface area (Å²) in [6.07, 6.45) is -4.55. The van der Waals surface area contributed by atoms with Gasteiger partial charge in [-0.25, -0.2) is 9.97 Å². The lowest BCUT2D eigenvalue weighted by Crippen LogP contribution is -2.31. The highest BCUT2D eigenvalue weighted by Gasteiger charge is 2.33. The Morgan fingerprint density at radius 1 is 1.21 bits per heavy atom. The van der Waals surface area contributed by atoms with Crippen molar-refractivity contribution in [2.24, 2.45) is 5.73 Å². The van der Waals surface area contributed by atoms with E-state index in [1.165, 1.54) is 24.1 Å². The van der Waals surface area contributed by atoms with E-state index in [-0.39, 0.29) is 52.9 Å². The molecule has 0 saturated carbocycles. The Kier molecular flexibility index (Phi) is 7.10. The highest BCUT2D eigenvalue weighted by atomic mass is 19.4. The summed E-state index contributed by atoms with van der Waals surface area (Å²) in [5, 5.41) is 2.89. The van der Waals surface area contributed by atoms with Crippen molar-refractivity contribution in [2.75, 3.05) is 27.7 Å². The van der Waals surface area contributed by atoms with Crippen LogP contribution in [0.25, 0.3) is 22.4 Å². The van der Waals surface area contributed by atoms with Crippen LogP contribution in [0.5, 0.6) is 5.75 Å². The monoisotopic (exact) mass is 479 g/mol. The van der Waals surface area contributed by atoms with Gasteiger partial charge in [0, 0.05) is 38.0 Å². The zero-order valence-corrected chi connectivity index (χ0v) is 19.0. The van der Waals surface area contributed by atoms with Crippen molar-refractivity contribution in [3.8, 4) is 17.2 Å². The van der Waals surface area contributed by atoms with Crippen LogP contribution in [0.3, 0.4) is 0 Å². The number of nitrogens with two attached hydrogens (primary N) is 1. The number of nitrogens with one attached hydrogen (secondary N) is 1. The molecule has 0 saturated heterocycles. The van der Waals surface area contributed by atoms with Crippen molar-refractivity contribution >= 4 is 22.7 Å². The van der Waals surface area contributed by atoms with Gasteiger partial charge < -0.3 is 25.1 Å². The first kappa shape index (κ1) is 25.0. The van der Waals surface area contributed by atoms with Crippen molar-refractivity contribution < 1.29 is 31.9 Å². The quantitative estimate of drug-likeness (QED) is 0.534. The molecule has 12 heteroatoms. The van der Waals surface area contributed by atoms with Crippen molar-refractivity contribution in [1.29, 1.82) is 0 Å². The summed E-state index contributed by atoms with van der Waals surface area (Å²) in [7, 11) is 4.53. The van der Waals surface area contributed by atoms with Crippen LogP contribution in [0.1, 0.15) is 41.3 Å². The Balaban J connectivity index is 2.02. The predicted molar refractivity (Wildman–Crippen MR) is 117 cm³/mol. The highest BCUT2D eigenvalue weighted by Crippen LogP contribution is 2.37. The van der Waals surface area contributed by atoms with Crippen LogP contribution < -0.4 is 15.8 Å². The van der Waals surface area contributed by atoms with Crippen molar-refractivity contribution in [1.82, 2.24) is 20.2 Å². The second-order valence-electron chi connectivity index (χ2n) is 7.72. The number of hydrogen-bond donors (Lipinski definition) is 2. The third kappa shape index (κ3) is 5.11. The van der Waals surface area contributed by atoms with Gasteiger partial charge in [0.05, 0.1) is 13.2 Å². The minimum atomic E-state index is -4.64. The molecule has 0 bridgehead atoms. The molecular formula is C22H24F3N5O4. The molecule has 9 nitrogen and oxygen atoms in total. The van der Waals surface area contributed by atoms with E-state index in [1.807, 2.05) is 0 Å². The summed E-state index contributed by atoms with van der Waals surface area (Å²) in [5.74, 6) is -0.549. The van der Waals surface area contributed by atoms with Gasteiger partial charge in [0.1, 0.15) is 17.0 Å². The van der Waals surface area contributed by atoms with Crippen LogP contribution in [-0.2, 0) is 11.0 Å². The molecule has 1 atom stereocenters. The number of alkyl halides is 3. The second-order valence-corrected chi connectivity index (χ2v) is 7.72. The van der Waals surface area contributed by atoms with Gasteiger partial charge in [0.25, 0.3) is 5.91 Å². The average molecular weight is 479 g/mol. The van der Waals surface area contributed by atoms with E-state index in [1.54, 1.807) is 27.1 Å². The number of methoxy groups -OCH3 is 1. The number of rotatable bonds is 7. The van der Waals surface area contributed by atoms with Gasteiger partial charge in [-0.2, -0.15) is 13.2 Å². The molecule has 34 heavy (non-hydrogen) atoms. The first-order chi connectivity index (χ1) is 15.9. The molecule has 0 unspecified atom stereocenters. The lowest BCUT2D eigenvalue weighted by Gasteiger charge is -2.11. The van der Waals surface area contributed by atoms with E-state index in [0.717, 1.165) is 6.07 Å². The largest absolute Gasteiger partial charge is 0.494 e. The molecule has 2 heterocycles. The van der Waals surface area contributed by atoms with Gasteiger partial charge >= 0.3 is 6.18 Å². The van der Waals surface area contributed by atoms with Crippen LogP contribution in [-0.4, -0.2) is 54.4 Å². The number of nitrogens with zero attached hydrogens (tertiary/aromatic N) is 3. The van der Waals surface area contributed by atoms with Crippen molar-refractivity contribution in [2.45, 2.75) is 25.6 Å². The normalized spacial score (nSPS) is 12.5. The maximum absolute atomic E-state index is 13.2. The lowest BCUT2D eigenvalue weighted by molar-refractivity contribution is -0.141. The summed E-state index contributed by atoms with van der Waals surface area (Å²) < 4.78 is 50.5. The molecule has 0 spiro atoms. The second kappa shape index (κ2) is 9.67. The fourth-order valence-corrected chi connectivity index (χ4v) is 3.21. The SMILES string of the molecule is COc1ccc(-c2nc(C(=O)NCCC(=O)N(C)C)c([C@H](C)N)o2)c2ccc(C(F)(F)F)nc12. The first-order valence-electron chi connectivity index (χ1n) is 10.2.